The zero-order valence-corrected chi connectivity index (χ0v) is 18.0. The highest BCUT2D eigenvalue weighted by molar-refractivity contribution is 6.02. The van der Waals surface area contributed by atoms with E-state index >= 15 is 0 Å². The number of halogens is 1. The van der Waals surface area contributed by atoms with Gasteiger partial charge in [-0.2, -0.15) is 5.26 Å². The number of carbonyl (C=O) groups is 2. The summed E-state index contributed by atoms with van der Waals surface area (Å²) in [6.45, 7) is 3.32. The van der Waals surface area contributed by atoms with Crippen LogP contribution in [0.1, 0.15) is 5.56 Å². The lowest BCUT2D eigenvalue weighted by Gasteiger charge is -2.42. The molecule has 3 aliphatic rings. The summed E-state index contributed by atoms with van der Waals surface area (Å²) in [6, 6.07) is 6.49. The number of rotatable bonds is 4. The van der Waals surface area contributed by atoms with Gasteiger partial charge in [-0.05, 0) is 17.7 Å². The lowest BCUT2D eigenvalue weighted by atomic mass is 9.97. The Hall–Kier alpha value is -3.71. The number of benzene rings is 1. The van der Waals surface area contributed by atoms with Gasteiger partial charge in [0, 0.05) is 32.7 Å². The van der Waals surface area contributed by atoms with E-state index in [2.05, 4.69) is 9.88 Å². The number of piperazine rings is 1. The smallest absolute Gasteiger partial charge is 0.247 e. The Morgan fingerprint density at radius 2 is 2.03 bits per heavy atom. The summed E-state index contributed by atoms with van der Waals surface area (Å²) in [5, 5.41) is 9.05. The fourth-order valence-electron chi connectivity index (χ4n) is 4.53. The third kappa shape index (κ3) is 4.07. The molecule has 3 aliphatic heterocycles. The van der Waals surface area contributed by atoms with Crippen molar-refractivity contribution in [2.45, 2.75) is 6.54 Å². The Morgan fingerprint density at radius 3 is 2.79 bits per heavy atom. The van der Waals surface area contributed by atoms with E-state index in [-0.39, 0.29) is 30.1 Å². The van der Waals surface area contributed by atoms with E-state index in [1.807, 2.05) is 12.3 Å². The van der Waals surface area contributed by atoms with Crippen molar-refractivity contribution in [1.82, 2.24) is 14.8 Å². The van der Waals surface area contributed by atoms with Crippen molar-refractivity contribution in [2.75, 3.05) is 55.7 Å². The molecule has 4 heterocycles. The number of aromatic nitrogens is 1. The van der Waals surface area contributed by atoms with Crippen LogP contribution < -0.4 is 14.5 Å². The van der Waals surface area contributed by atoms with E-state index in [1.54, 1.807) is 28.3 Å². The summed E-state index contributed by atoms with van der Waals surface area (Å²) >= 11 is 0. The van der Waals surface area contributed by atoms with Crippen LogP contribution in [0.3, 0.4) is 0 Å². The number of anilines is 2. The van der Waals surface area contributed by atoms with E-state index in [0.717, 1.165) is 5.56 Å². The van der Waals surface area contributed by atoms with E-state index in [0.29, 0.717) is 63.0 Å². The van der Waals surface area contributed by atoms with Gasteiger partial charge in [-0.1, -0.05) is 12.1 Å². The van der Waals surface area contributed by atoms with Crippen molar-refractivity contribution in [3.63, 3.8) is 0 Å². The second-order valence-corrected chi connectivity index (χ2v) is 8.43. The molecule has 0 bridgehead atoms. The third-order valence-electron chi connectivity index (χ3n) is 6.23. The van der Waals surface area contributed by atoms with Gasteiger partial charge in [0.25, 0.3) is 0 Å². The first kappa shape index (κ1) is 21.2. The van der Waals surface area contributed by atoms with Crippen LogP contribution in [0.2, 0.25) is 0 Å². The lowest BCUT2D eigenvalue weighted by Crippen LogP contribution is -2.55. The molecule has 10 heteroatoms. The van der Waals surface area contributed by atoms with Crippen LogP contribution in [0.4, 0.5) is 15.8 Å². The number of hydrogen-bond acceptors (Lipinski definition) is 7. The maximum absolute atomic E-state index is 13.4. The van der Waals surface area contributed by atoms with Crippen LogP contribution in [-0.4, -0.2) is 72.5 Å². The zero-order chi connectivity index (χ0) is 22.9. The number of nitriles is 1. The second kappa shape index (κ2) is 8.67. The normalized spacial score (nSPS) is 18.9. The van der Waals surface area contributed by atoms with E-state index in [9.17, 15) is 14.0 Å². The highest BCUT2D eigenvalue weighted by Crippen LogP contribution is 2.41. The monoisotopic (exact) mass is 450 g/mol. The van der Waals surface area contributed by atoms with E-state index in [4.69, 9.17) is 10.00 Å². The maximum atomic E-state index is 13.4. The first-order valence-corrected chi connectivity index (χ1v) is 10.9. The minimum Gasteiger partial charge on any atom is -0.487 e. The Balaban J connectivity index is 1.28. The molecule has 1 aromatic carbocycles. The summed E-state index contributed by atoms with van der Waals surface area (Å²) < 4.78 is 19.3. The van der Waals surface area contributed by atoms with Crippen LogP contribution in [-0.2, 0) is 16.1 Å². The summed E-state index contributed by atoms with van der Waals surface area (Å²) in [6.07, 6.45) is 5.16. The van der Waals surface area contributed by atoms with Crippen molar-refractivity contribution in [3.05, 3.63) is 48.0 Å². The van der Waals surface area contributed by atoms with Crippen molar-refractivity contribution in [2.24, 2.45) is 5.92 Å². The number of hydrogen-bond donors (Lipinski definition) is 0. The molecule has 170 valence electrons. The average Bonchev–Trinajstić information content (AvgIpc) is 2.80. The Kier molecular flexibility index (Phi) is 5.56. The van der Waals surface area contributed by atoms with Crippen molar-refractivity contribution >= 4 is 23.2 Å². The summed E-state index contributed by atoms with van der Waals surface area (Å²) in [4.78, 5) is 36.9. The number of nitrogens with zero attached hydrogens (tertiary/aromatic N) is 6. The number of ether oxygens (including phenoxy) is 1. The van der Waals surface area contributed by atoms with Crippen LogP contribution in [0.5, 0.6) is 5.75 Å². The van der Waals surface area contributed by atoms with E-state index in [1.165, 1.54) is 17.0 Å². The molecule has 0 N–H and O–H groups in total. The van der Waals surface area contributed by atoms with E-state index < -0.39 is 0 Å². The standard InChI is InChI=1S/C23H23FN6O3/c24-18-3-1-2-16(8-18)11-28-12-17(13-28)23(32)30-6-7-33-22-19(9-26-10-20(22)30)29-5-4-27(15-25)14-21(29)31/h1-3,8-10,17H,4-7,11-14H2. The molecule has 2 saturated heterocycles. The molecule has 0 radical (unpaired) electrons. The molecule has 2 fully saturated rings. The van der Waals surface area contributed by atoms with Gasteiger partial charge in [-0.25, -0.2) is 4.39 Å². The molecule has 0 aliphatic carbocycles. The molecule has 2 aromatic rings. The maximum Gasteiger partial charge on any atom is 0.247 e. The number of fused-ring (bicyclic) bond motifs is 1. The quantitative estimate of drug-likeness (QED) is 0.647. The molecule has 33 heavy (non-hydrogen) atoms. The number of amides is 2. The highest BCUT2D eigenvalue weighted by atomic mass is 19.1. The number of pyridine rings is 1. The molecule has 2 amide bonds. The first-order chi connectivity index (χ1) is 16.0. The van der Waals surface area contributed by atoms with Gasteiger partial charge < -0.3 is 14.5 Å². The fourth-order valence-corrected chi connectivity index (χ4v) is 4.53. The van der Waals surface area contributed by atoms with Crippen LogP contribution in [0.15, 0.2) is 36.7 Å². The number of likely N-dealkylation sites (tertiary alicyclic amines) is 1. The molecule has 9 nitrogen and oxygen atoms in total. The molecule has 5 rings (SSSR count). The van der Waals surface area contributed by atoms with Gasteiger partial charge in [-0.15, -0.1) is 0 Å². The van der Waals surface area contributed by atoms with Crippen molar-refractivity contribution in [3.8, 4) is 11.9 Å². The molecular weight excluding hydrogens is 427 g/mol. The molecule has 0 unspecified atom stereocenters. The van der Waals surface area contributed by atoms with Crippen LogP contribution >= 0.6 is 0 Å². The third-order valence-corrected chi connectivity index (χ3v) is 6.23. The Morgan fingerprint density at radius 1 is 1.21 bits per heavy atom. The largest absolute Gasteiger partial charge is 0.487 e. The molecule has 1 aromatic heterocycles. The number of carbonyl (C=O) groups excluding carboxylic acids is 2. The second-order valence-electron chi connectivity index (χ2n) is 8.43. The predicted molar refractivity (Wildman–Crippen MR) is 117 cm³/mol. The van der Waals surface area contributed by atoms with Gasteiger partial charge in [0.15, 0.2) is 11.9 Å². The highest BCUT2D eigenvalue weighted by Gasteiger charge is 2.39. The molecular formula is C23H23FN6O3. The average molecular weight is 450 g/mol. The topological polar surface area (TPSA) is 93.0 Å². The zero-order valence-electron chi connectivity index (χ0n) is 18.0. The summed E-state index contributed by atoms with van der Waals surface area (Å²) in [5.74, 6) is -0.165. The Bertz CT molecular complexity index is 1130. The van der Waals surface area contributed by atoms with Crippen LogP contribution in [0, 0.1) is 23.2 Å². The SMILES string of the molecule is N#CN1CCN(c2cncc3c2OCCN3C(=O)C2CN(Cc3cccc(F)c3)C2)C(=O)C1. The molecule has 0 atom stereocenters. The van der Waals surface area contributed by atoms with Gasteiger partial charge in [0.2, 0.25) is 11.8 Å². The van der Waals surface area contributed by atoms with Crippen LogP contribution in [0.25, 0.3) is 0 Å². The molecule has 0 saturated carbocycles. The Labute approximate surface area is 190 Å². The lowest BCUT2D eigenvalue weighted by molar-refractivity contribution is -0.128. The fraction of sp³-hybridized carbons (Fsp3) is 0.391. The van der Waals surface area contributed by atoms with Crippen molar-refractivity contribution in [1.29, 1.82) is 5.26 Å². The first-order valence-electron chi connectivity index (χ1n) is 10.9. The predicted octanol–water partition coefficient (Wildman–Crippen LogP) is 1.21. The minimum atomic E-state index is -0.263. The summed E-state index contributed by atoms with van der Waals surface area (Å²) in [7, 11) is 0. The summed E-state index contributed by atoms with van der Waals surface area (Å²) in [5.41, 5.74) is 1.96. The van der Waals surface area contributed by atoms with Gasteiger partial charge in [0.1, 0.15) is 30.3 Å². The van der Waals surface area contributed by atoms with Gasteiger partial charge >= 0.3 is 0 Å². The minimum absolute atomic E-state index is 0.00498. The van der Waals surface area contributed by atoms with Gasteiger partial charge in [-0.3, -0.25) is 24.4 Å². The molecule has 0 spiro atoms. The van der Waals surface area contributed by atoms with Crippen molar-refractivity contribution < 1.29 is 18.7 Å². The van der Waals surface area contributed by atoms with Gasteiger partial charge in [0.05, 0.1) is 24.9 Å².